The van der Waals surface area contributed by atoms with Crippen molar-refractivity contribution < 1.29 is 4.92 Å². The highest BCUT2D eigenvalue weighted by Gasteiger charge is 2.17. The first-order valence-corrected chi connectivity index (χ1v) is 5.51. The van der Waals surface area contributed by atoms with Gasteiger partial charge in [0.25, 0.3) is 0 Å². The Morgan fingerprint density at radius 1 is 1.71 bits per heavy atom. The molecule has 2 rings (SSSR count). The topological polar surface area (TPSA) is 112 Å². The van der Waals surface area contributed by atoms with E-state index in [2.05, 4.69) is 15.5 Å². The van der Waals surface area contributed by atoms with E-state index in [9.17, 15) is 10.1 Å². The van der Waals surface area contributed by atoms with Gasteiger partial charge in [0.1, 0.15) is 0 Å². The van der Waals surface area contributed by atoms with Crippen LogP contribution in [0.1, 0.15) is 10.4 Å². The molecule has 0 radical (unpaired) electrons. The largest absolute Gasteiger partial charge is 0.392 e. The van der Waals surface area contributed by atoms with Gasteiger partial charge >= 0.3 is 5.82 Å². The minimum atomic E-state index is -0.495. The third kappa shape index (κ3) is 2.40. The first kappa shape index (κ1) is 11.5. The van der Waals surface area contributed by atoms with Crippen molar-refractivity contribution >= 4 is 22.3 Å². The van der Waals surface area contributed by atoms with E-state index in [0.717, 1.165) is 4.88 Å². The van der Waals surface area contributed by atoms with Crippen molar-refractivity contribution in [2.24, 2.45) is 5.84 Å². The average Bonchev–Trinajstić information content (AvgIpc) is 2.85. The van der Waals surface area contributed by atoms with Crippen LogP contribution in [0.15, 0.2) is 12.4 Å². The van der Waals surface area contributed by atoms with Crippen LogP contribution in [0.25, 0.3) is 0 Å². The normalized spacial score (nSPS) is 10.5. The van der Waals surface area contributed by atoms with E-state index < -0.39 is 4.92 Å². The highest BCUT2D eigenvalue weighted by atomic mass is 32.1. The molecular formula is C8H10N6O2S. The van der Waals surface area contributed by atoms with E-state index in [1.54, 1.807) is 19.3 Å². The standard InChI is InChI=1S/C8H10N6O2S/c1-5-3-13(12-7(5)14(15)16)4-6-2-10-8(11-9)17-6/h2-3H,4,9H2,1H3,(H,10,11). The van der Waals surface area contributed by atoms with Crippen LogP contribution in [0.4, 0.5) is 10.9 Å². The average molecular weight is 254 g/mol. The summed E-state index contributed by atoms with van der Waals surface area (Å²) in [5.41, 5.74) is 2.98. The van der Waals surface area contributed by atoms with Gasteiger partial charge in [0, 0.05) is 6.20 Å². The molecule has 90 valence electrons. The molecule has 0 aliphatic rings. The summed E-state index contributed by atoms with van der Waals surface area (Å²) in [6.07, 6.45) is 3.29. The van der Waals surface area contributed by atoms with Crippen molar-refractivity contribution in [1.82, 2.24) is 14.8 Å². The highest BCUT2D eigenvalue weighted by molar-refractivity contribution is 7.15. The molecule has 0 spiro atoms. The number of rotatable bonds is 4. The fourth-order valence-electron chi connectivity index (χ4n) is 1.38. The van der Waals surface area contributed by atoms with Gasteiger partial charge in [0.15, 0.2) is 5.13 Å². The summed E-state index contributed by atoms with van der Waals surface area (Å²) in [6, 6.07) is 0. The zero-order valence-electron chi connectivity index (χ0n) is 8.95. The van der Waals surface area contributed by atoms with Crippen LogP contribution in [0, 0.1) is 17.0 Å². The maximum absolute atomic E-state index is 10.6. The number of hydrogen-bond donors (Lipinski definition) is 2. The smallest absolute Gasteiger partial charge is 0.358 e. The second-order valence-corrected chi connectivity index (χ2v) is 4.48. The van der Waals surface area contributed by atoms with E-state index in [1.807, 2.05) is 0 Å². The second kappa shape index (κ2) is 4.47. The molecule has 0 fully saturated rings. The fraction of sp³-hybridized carbons (Fsp3) is 0.250. The fourth-order valence-corrected chi connectivity index (χ4v) is 2.09. The number of nitrogens with zero attached hydrogens (tertiary/aromatic N) is 4. The molecule has 17 heavy (non-hydrogen) atoms. The molecule has 0 aromatic carbocycles. The molecule has 0 aliphatic heterocycles. The zero-order valence-corrected chi connectivity index (χ0v) is 9.77. The van der Waals surface area contributed by atoms with Crippen molar-refractivity contribution in [1.29, 1.82) is 0 Å². The number of aryl methyl sites for hydroxylation is 1. The van der Waals surface area contributed by atoms with E-state index in [4.69, 9.17) is 5.84 Å². The summed E-state index contributed by atoms with van der Waals surface area (Å²) < 4.78 is 1.52. The van der Waals surface area contributed by atoms with Gasteiger partial charge in [-0.25, -0.2) is 10.8 Å². The molecule has 2 heterocycles. The minimum absolute atomic E-state index is 0.119. The van der Waals surface area contributed by atoms with Crippen LogP contribution in [0.5, 0.6) is 0 Å². The molecule has 8 nitrogen and oxygen atoms in total. The number of hydrazine groups is 1. The SMILES string of the molecule is Cc1cn(Cc2cnc(NN)s2)nc1[N+](=O)[O-]. The van der Waals surface area contributed by atoms with Crippen LogP contribution in [0.2, 0.25) is 0 Å². The van der Waals surface area contributed by atoms with E-state index in [0.29, 0.717) is 17.2 Å². The number of nitrogen functional groups attached to an aromatic ring is 1. The second-order valence-electron chi connectivity index (χ2n) is 3.37. The Labute approximate surface area is 100 Å². The highest BCUT2D eigenvalue weighted by Crippen LogP contribution is 2.19. The molecule has 0 bridgehead atoms. The molecule has 0 aliphatic carbocycles. The van der Waals surface area contributed by atoms with Crippen molar-refractivity contribution in [3.63, 3.8) is 0 Å². The number of thiazole rings is 1. The van der Waals surface area contributed by atoms with Crippen LogP contribution in [0.3, 0.4) is 0 Å². The lowest BCUT2D eigenvalue weighted by atomic mass is 10.4. The van der Waals surface area contributed by atoms with Gasteiger partial charge in [-0.15, -0.1) is 0 Å². The van der Waals surface area contributed by atoms with Crippen LogP contribution < -0.4 is 11.3 Å². The van der Waals surface area contributed by atoms with Crippen molar-refractivity contribution in [3.05, 3.63) is 32.9 Å². The van der Waals surface area contributed by atoms with Gasteiger partial charge < -0.3 is 10.1 Å². The Kier molecular flexibility index (Phi) is 3.02. The van der Waals surface area contributed by atoms with Crippen molar-refractivity contribution in [2.45, 2.75) is 13.5 Å². The lowest BCUT2D eigenvalue weighted by Crippen LogP contribution is -2.05. The summed E-state index contributed by atoms with van der Waals surface area (Å²) in [5.74, 6) is 5.09. The third-order valence-corrected chi connectivity index (χ3v) is 3.00. The lowest BCUT2D eigenvalue weighted by Gasteiger charge is -1.91. The molecule has 9 heteroatoms. The Bertz CT molecular complexity index is 548. The Hall–Kier alpha value is -2.00. The summed E-state index contributed by atoms with van der Waals surface area (Å²) in [4.78, 5) is 15.1. The first-order chi connectivity index (χ1) is 8.10. The number of nitrogens with two attached hydrogens (primary N) is 1. The summed E-state index contributed by atoms with van der Waals surface area (Å²) in [7, 11) is 0. The molecule has 3 N–H and O–H groups in total. The summed E-state index contributed by atoms with van der Waals surface area (Å²) in [5, 5.41) is 15.1. The van der Waals surface area contributed by atoms with Crippen molar-refractivity contribution in [2.75, 3.05) is 5.43 Å². The number of aromatic nitrogens is 3. The molecule has 0 unspecified atom stereocenters. The number of nitrogens with one attached hydrogen (secondary N) is 1. The number of hydrogen-bond acceptors (Lipinski definition) is 7. The molecule has 0 atom stereocenters. The zero-order chi connectivity index (χ0) is 12.4. The molecule has 0 saturated heterocycles. The third-order valence-electron chi connectivity index (χ3n) is 2.09. The van der Waals surface area contributed by atoms with Crippen LogP contribution in [-0.2, 0) is 6.54 Å². The summed E-state index contributed by atoms with van der Waals surface area (Å²) in [6.45, 7) is 2.09. The van der Waals surface area contributed by atoms with Gasteiger partial charge in [0.2, 0.25) is 0 Å². The minimum Gasteiger partial charge on any atom is -0.358 e. The molecule has 0 saturated carbocycles. The predicted octanol–water partition coefficient (Wildman–Crippen LogP) is 0.890. The Morgan fingerprint density at radius 2 is 2.47 bits per heavy atom. The summed E-state index contributed by atoms with van der Waals surface area (Å²) >= 11 is 1.37. The quantitative estimate of drug-likeness (QED) is 0.476. The Balaban J connectivity index is 2.18. The Morgan fingerprint density at radius 3 is 3.00 bits per heavy atom. The number of anilines is 1. The van der Waals surface area contributed by atoms with Gasteiger partial charge in [-0.2, -0.15) is 4.68 Å². The lowest BCUT2D eigenvalue weighted by molar-refractivity contribution is -0.390. The van der Waals surface area contributed by atoms with E-state index in [-0.39, 0.29) is 5.82 Å². The van der Waals surface area contributed by atoms with Gasteiger partial charge in [-0.3, -0.25) is 5.43 Å². The van der Waals surface area contributed by atoms with E-state index >= 15 is 0 Å². The number of nitro groups is 1. The molecule has 2 aromatic rings. The van der Waals surface area contributed by atoms with Crippen LogP contribution in [-0.4, -0.2) is 19.7 Å². The maximum Gasteiger partial charge on any atom is 0.392 e. The van der Waals surface area contributed by atoms with Gasteiger partial charge in [0.05, 0.1) is 28.3 Å². The molecule has 0 amide bonds. The molecule has 2 aromatic heterocycles. The van der Waals surface area contributed by atoms with E-state index in [1.165, 1.54) is 16.0 Å². The van der Waals surface area contributed by atoms with Gasteiger partial charge in [-0.05, 0) is 11.8 Å². The van der Waals surface area contributed by atoms with Crippen LogP contribution >= 0.6 is 11.3 Å². The first-order valence-electron chi connectivity index (χ1n) is 4.70. The predicted molar refractivity (Wildman–Crippen MR) is 62.6 cm³/mol. The van der Waals surface area contributed by atoms with Gasteiger partial charge in [-0.1, -0.05) is 11.3 Å². The van der Waals surface area contributed by atoms with Crippen molar-refractivity contribution in [3.8, 4) is 0 Å². The monoisotopic (exact) mass is 254 g/mol. The maximum atomic E-state index is 10.6. The molecular weight excluding hydrogens is 244 g/mol.